The summed E-state index contributed by atoms with van der Waals surface area (Å²) in [7, 11) is -3.72. The Morgan fingerprint density at radius 1 is 1.13 bits per heavy atom. The average molecular weight is 354 g/mol. The summed E-state index contributed by atoms with van der Waals surface area (Å²) in [4.78, 5) is 0.223. The van der Waals surface area contributed by atoms with Gasteiger partial charge in [-0.25, -0.2) is 8.42 Å². The van der Waals surface area contributed by atoms with Crippen molar-refractivity contribution in [2.75, 3.05) is 10.8 Å². The second-order valence-corrected chi connectivity index (χ2v) is 7.62. The molecule has 0 aliphatic carbocycles. The molecule has 6 heteroatoms. The van der Waals surface area contributed by atoms with Gasteiger partial charge in [0.25, 0.3) is 10.0 Å². The summed E-state index contributed by atoms with van der Waals surface area (Å²) in [6.45, 7) is 3.86. The zero-order valence-corrected chi connectivity index (χ0v) is 14.7. The van der Waals surface area contributed by atoms with E-state index in [-0.39, 0.29) is 11.5 Å². The summed E-state index contributed by atoms with van der Waals surface area (Å²) in [5.41, 5.74) is 1.94. The molecule has 1 N–H and O–H groups in total. The number of aryl methyl sites for hydroxylation is 1. The molecule has 0 spiro atoms. The van der Waals surface area contributed by atoms with E-state index in [2.05, 4.69) is 0 Å². The lowest BCUT2D eigenvalue weighted by Crippen LogP contribution is -2.32. The number of hydrogen-bond acceptors (Lipinski definition) is 3. The average Bonchev–Trinajstić information content (AvgIpc) is 2.53. The molecule has 23 heavy (non-hydrogen) atoms. The van der Waals surface area contributed by atoms with Gasteiger partial charge in [0.05, 0.1) is 17.2 Å². The first kappa shape index (κ1) is 17.8. The molecule has 0 bridgehead atoms. The molecule has 4 nitrogen and oxygen atoms in total. The SMILES string of the molecule is CCCN(c1cc(Cl)ccc1CO)S(=O)(=O)c1ccc(C)cc1. The molecule has 0 aliphatic rings. The molecule has 0 radical (unpaired) electrons. The van der Waals surface area contributed by atoms with Crippen LogP contribution in [0.4, 0.5) is 5.69 Å². The number of sulfonamides is 1. The second-order valence-electron chi connectivity index (χ2n) is 5.32. The van der Waals surface area contributed by atoms with Gasteiger partial charge in [-0.15, -0.1) is 0 Å². The topological polar surface area (TPSA) is 57.6 Å². The number of rotatable bonds is 6. The minimum atomic E-state index is -3.72. The Labute approximate surface area is 142 Å². The van der Waals surface area contributed by atoms with Crippen LogP contribution < -0.4 is 4.31 Å². The standard InChI is InChI=1S/C17H20ClNO3S/c1-3-10-19(17-11-15(18)7-6-14(17)12-20)23(21,22)16-8-4-13(2)5-9-16/h4-9,11,20H,3,10,12H2,1-2H3. The van der Waals surface area contributed by atoms with Crippen LogP contribution >= 0.6 is 11.6 Å². The van der Waals surface area contributed by atoms with Gasteiger partial charge in [0.1, 0.15) is 0 Å². The van der Waals surface area contributed by atoms with Crippen LogP contribution in [0.1, 0.15) is 24.5 Å². The molecule has 0 amide bonds. The number of aliphatic hydroxyl groups is 1. The van der Waals surface area contributed by atoms with E-state index in [1.807, 2.05) is 13.8 Å². The summed E-state index contributed by atoms with van der Waals surface area (Å²) in [6.07, 6.45) is 0.641. The number of halogens is 1. The van der Waals surface area contributed by atoms with Crippen molar-refractivity contribution in [3.8, 4) is 0 Å². The van der Waals surface area contributed by atoms with E-state index in [1.165, 1.54) is 4.31 Å². The van der Waals surface area contributed by atoms with E-state index in [0.29, 0.717) is 29.2 Å². The molecule has 0 saturated carbocycles. The fraction of sp³-hybridized carbons (Fsp3) is 0.294. The van der Waals surface area contributed by atoms with Gasteiger partial charge in [0.15, 0.2) is 0 Å². The normalized spacial score (nSPS) is 11.5. The molecule has 2 rings (SSSR count). The van der Waals surface area contributed by atoms with Crippen molar-refractivity contribution < 1.29 is 13.5 Å². The van der Waals surface area contributed by atoms with E-state index in [4.69, 9.17) is 11.6 Å². The number of hydrogen-bond donors (Lipinski definition) is 1. The molecule has 0 aliphatic heterocycles. The van der Waals surface area contributed by atoms with Crippen LogP contribution in [0, 0.1) is 6.92 Å². The van der Waals surface area contributed by atoms with Gasteiger partial charge < -0.3 is 5.11 Å². The van der Waals surface area contributed by atoms with Crippen molar-refractivity contribution in [3.63, 3.8) is 0 Å². The lowest BCUT2D eigenvalue weighted by atomic mass is 10.2. The molecule has 0 atom stereocenters. The van der Waals surface area contributed by atoms with Gasteiger partial charge in [-0.2, -0.15) is 0 Å². The van der Waals surface area contributed by atoms with Gasteiger partial charge in [0, 0.05) is 17.1 Å². The van der Waals surface area contributed by atoms with Crippen LogP contribution in [0.25, 0.3) is 0 Å². The molecule has 124 valence electrons. The molecule has 0 aromatic heterocycles. The lowest BCUT2D eigenvalue weighted by Gasteiger charge is -2.26. The Bertz CT molecular complexity index is 773. The van der Waals surface area contributed by atoms with Gasteiger partial charge in [-0.1, -0.05) is 42.3 Å². The Kier molecular flexibility index (Phi) is 5.68. The number of nitrogens with zero attached hydrogens (tertiary/aromatic N) is 1. The van der Waals surface area contributed by atoms with E-state index in [0.717, 1.165) is 5.56 Å². The summed E-state index contributed by atoms with van der Waals surface area (Å²) in [5, 5.41) is 9.96. The molecule has 2 aromatic rings. The summed E-state index contributed by atoms with van der Waals surface area (Å²) in [5.74, 6) is 0. The molecule has 0 saturated heterocycles. The Balaban J connectivity index is 2.58. The van der Waals surface area contributed by atoms with Crippen LogP contribution in [0.5, 0.6) is 0 Å². The fourth-order valence-electron chi connectivity index (χ4n) is 2.31. The maximum Gasteiger partial charge on any atom is 0.264 e. The van der Waals surface area contributed by atoms with E-state index >= 15 is 0 Å². The zero-order chi connectivity index (χ0) is 17.0. The van der Waals surface area contributed by atoms with Crippen molar-refractivity contribution in [1.29, 1.82) is 0 Å². The monoisotopic (exact) mass is 353 g/mol. The number of aliphatic hydroxyl groups excluding tert-OH is 1. The molecule has 0 fully saturated rings. The highest BCUT2D eigenvalue weighted by Crippen LogP contribution is 2.30. The lowest BCUT2D eigenvalue weighted by molar-refractivity contribution is 0.282. The number of anilines is 1. The van der Waals surface area contributed by atoms with Crippen LogP contribution in [-0.4, -0.2) is 20.1 Å². The first-order chi connectivity index (χ1) is 10.9. The van der Waals surface area contributed by atoms with E-state index in [1.54, 1.807) is 42.5 Å². The summed E-state index contributed by atoms with van der Waals surface area (Å²) in [6, 6.07) is 11.6. The predicted octanol–water partition coefficient (Wildman–Crippen LogP) is 3.75. The molecule has 0 heterocycles. The van der Waals surface area contributed by atoms with Crippen molar-refractivity contribution in [3.05, 3.63) is 58.6 Å². The van der Waals surface area contributed by atoms with Crippen LogP contribution in [0.3, 0.4) is 0 Å². The van der Waals surface area contributed by atoms with Gasteiger partial charge in [-0.05, 0) is 37.6 Å². The highest BCUT2D eigenvalue weighted by Gasteiger charge is 2.26. The first-order valence-electron chi connectivity index (χ1n) is 7.39. The predicted molar refractivity (Wildman–Crippen MR) is 93.4 cm³/mol. The minimum Gasteiger partial charge on any atom is -0.392 e. The van der Waals surface area contributed by atoms with Crippen molar-refractivity contribution >= 4 is 27.3 Å². The smallest absolute Gasteiger partial charge is 0.264 e. The molecular formula is C17H20ClNO3S. The Morgan fingerprint density at radius 2 is 1.78 bits per heavy atom. The quantitative estimate of drug-likeness (QED) is 0.860. The highest BCUT2D eigenvalue weighted by molar-refractivity contribution is 7.92. The Hall–Kier alpha value is -1.56. The molecule has 2 aromatic carbocycles. The summed E-state index contributed by atoms with van der Waals surface area (Å²) < 4.78 is 27.3. The first-order valence-corrected chi connectivity index (χ1v) is 9.20. The highest BCUT2D eigenvalue weighted by atomic mass is 35.5. The van der Waals surface area contributed by atoms with Crippen molar-refractivity contribution in [2.45, 2.75) is 31.8 Å². The Morgan fingerprint density at radius 3 is 2.35 bits per heavy atom. The van der Waals surface area contributed by atoms with Crippen LogP contribution in [-0.2, 0) is 16.6 Å². The van der Waals surface area contributed by atoms with Gasteiger partial charge in [0.2, 0.25) is 0 Å². The maximum absolute atomic E-state index is 13.0. The third-order valence-corrected chi connectivity index (χ3v) is 5.58. The van der Waals surface area contributed by atoms with Crippen LogP contribution in [0.15, 0.2) is 47.4 Å². The third kappa shape index (κ3) is 3.86. The van der Waals surface area contributed by atoms with Crippen LogP contribution in [0.2, 0.25) is 5.02 Å². The van der Waals surface area contributed by atoms with Crippen molar-refractivity contribution in [2.24, 2.45) is 0 Å². The second kappa shape index (κ2) is 7.34. The maximum atomic E-state index is 13.0. The molecular weight excluding hydrogens is 334 g/mol. The number of benzene rings is 2. The summed E-state index contributed by atoms with van der Waals surface area (Å²) >= 11 is 6.03. The fourth-order valence-corrected chi connectivity index (χ4v) is 4.07. The van der Waals surface area contributed by atoms with Gasteiger partial charge in [-0.3, -0.25) is 4.31 Å². The van der Waals surface area contributed by atoms with Gasteiger partial charge >= 0.3 is 0 Å². The van der Waals surface area contributed by atoms with E-state index < -0.39 is 10.0 Å². The molecule has 0 unspecified atom stereocenters. The van der Waals surface area contributed by atoms with Crippen molar-refractivity contribution in [1.82, 2.24) is 0 Å². The third-order valence-electron chi connectivity index (χ3n) is 3.52. The zero-order valence-electron chi connectivity index (χ0n) is 13.2. The largest absolute Gasteiger partial charge is 0.392 e. The minimum absolute atomic E-state index is 0.223. The van der Waals surface area contributed by atoms with E-state index in [9.17, 15) is 13.5 Å².